The molecule has 3 aromatic rings. The van der Waals surface area contributed by atoms with E-state index in [-0.39, 0.29) is 25.4 Å². The molecule has 0 spiro atoms. The van der Waals surface area contributed by atoms with Crippen LogP contribution in [0.4, 0.5) is 4.79 Å². The SMILES string of the molecule is COC(=O)[C@H](Cc1ccccc1)NC(=O)C(CC(C)C)CP(=O)(O)C(Cc1ccccc1)NC(=O)OCc1ccccc1. The maximum atomic E-state index is 14.0. The molecule has 230 valence electrons. The van der Waals surface area contributed by atoms with Gasteiger partial charge in [-0.15, -0.1) is 0 Å². The summed E-state index contributed by atoms with van der Waals surface area (Å²) in [4.78, 5) is 50.4. The molecule has 0 aliphatic rings. The van der Waals surface area contributed by atoms with Gasteiger partial charge in [0.05, 0.1) is 7.11 Å². The Labute approximate surface area is 253 Å². The maximum Gasteiger partial charge on any atom is 0.408 e. The highest BCUT2D eigenvalue weighted by Crippen LogP contribution is 2.49. The van der Waals surface area contributed by atoms with Crippen LogP contribution in [0.25, 0.3) is 0 Å². The van der Waals surface area contributed by atoms with Gasteiger partial charge in [0.2, 0.25) is 13.3 Å². The molecule has 0 aliphatic carbocycles. The number of benzene rings is 3. The summed E-state index contributed by atoms with van der Waals surface area (Å²) in [6.45, 7) is 3.81. The Morgan fingerprint density at radius 1 is 0.791 bits per heavy atom. The van der Waals surface area contributed by atoms with Crippen molar-refractivity contribution < 1.29 is 33.3 Å². The summed E-state index contributed by atoms with van der Waals surface area (Å²) in [7, 11) is -2.97. The van der Waals surface area contributed by atoms with Gasteiger partial charge in [0.1, 0.15) is 18.4 Å². The monoisotopic (exact) mass is 608 g/mol. The molecule has 2 amide bonds. The number of rotatable bonds is 15. The molecule has 0 aliphatic heterocycles. The standard InChI is InChI=1S/C33H41N2O7P/c1-24(2)19-28(31(36)34-29(32(37)41-3)20-25-13-7-4-8-14-25)23-43(39,40)30(21-26-15-9-5-10-16-26)35-33(38)42-22-27-17-11-6-12-18-27/h4-18,24,28-30H,19-23H2,1-3H3,(H,34,36)(H,35,38)(H,39,40)/t28?,29-,30?/m0/s1. The second-order valence-electron chi connectivity index (χ2n) is 11.0. The number of carbonyl (C=O) groups excluding carboxylic acids is 3. The Kier molecular flexibility index (Phi) is 13.0. The molecule has 9 nitrogen and oxygen atoms in total. The van der Waals surface area contributed by atoms with E-state index in [0.717, 1.165) is 16.7 Å². The summed E-state index contributed by atoms with van der Waals surface area (Å²) in [6, 6.07) is 26.4. The average Bonchev–Trinajstić information content (AvgIpc) is 3.00. The predicted molar refractivity (Wildman–Crippen MR) is 165 cm³/mol. The molecule has 0 heterocycles. The second kappa shape index (κ2) is 16.6. The molecule has 0 fully saturated rings. The zero-order valence-electron chi connectivity index (χ0n) is 24.8. The van der Waals surface area contributed by atoms with Gasteiger partial charge in [-0.05, 0) is 29.0 Å². The van der Waals surface area contributed by atoms with Crippen LogP contribution in [-0.2, 0) is 43.1 Å². The topological polar surface area (TPSA) is 131 Å². The summed E-state index contributed by atoms with van der Waals surface area (Å²) in [6.07, 6.45) is -0.670. The van der Waals surface area contributed by atoms with Gasteiger partial charge in [-0.2, -0.15) is 0 Å². The smallest absolute Gasteiger partial charge is 0.408 e. The fraction of sp³-hybridized carbons (Fsp3) is 0.364. The quantitative estimate of drug-likeness (QED) is 0.157. The first-order valence-electron chi connectivity index (χ1n) is 14.3. The number of amides is 2. The van der Waals surface area contributed by atoms with Crippen molar-refractivity contribution in [1.29, 1.82) is 0 Å². The van der Waals surface area contributed by atoms with Crippen molar-refractivity contribution >= 4 is 25.3 Å². The summed E-state index contributed by atoms with van der Waals surface area (Å²) < 4.78 is 24.3. The first-order valence-corrected chi connectivity index (χ1v) is 16.2. The van der Waals surface area contributed by atoms with Crippen LogP contribution in [0.3, 0.4) is 0 Å². The lowest BCUT2D eigenvalue weighted by atomic mass is 9.97. The first-order chi connectivity index (χ1) is 20.6. The van der Waals surface area contributed by atoms with Crippen LogP contribution in [-0.4, -0.2) is 48.0 Å². The van der Waals surface area contributed by atoms with Crippen molar-refractivity contribution in [3.63, 3.8) is 0 Å². The van der Waals surface area contributed by atoms with E-state index in [1.54, 1.807) is 36.4 Å². The fourth-order valence-corrected chi connectivity index (χ4v) is 6.79. The van der Waals surface area contributed by atoms with E-state index < -0.39 is 49.2 Å². The van der Waals surface area contributed by atoms with Crippen molar-refractivity contribution in [3.05, 3.63) is 108 Å². The number of nitrogens with one attached hydrogen (secondary N) is 2. The molecule has 0 bridgehead atoms. The number of esters is 1. The van der Waals surface area contributed by atoms with E-state index in [0.29, 0.717) is 6.42 Å². The maximum absolute atomic E-state index is 14.0. The molecule has 43 heavy (non-hydrogen) atoms. The number of methoxy groups -OCH3 is 1. The van der Waals surface area contributed by atoms with Crippen LogP contribution in [0.2, 0.25) is 0 Å². The molecular weight excluding hydrogens is 567 g/mol. The van der Waals surface area contributed by atoms with Crippen LogP contribution in [0.15, 0.2) is 91.0 Å². The van der Waals surface area contributed by atoms with Crippen molar-refractivity contribution in [1.82, 2.24) is 10.6 Å². The molecule has 3 rings (SSSR count). The molecule has 0 radical (unpaired) electrons. The van der Waals surface area contributed by atoms with Gasteiger partial charge in [-0.1, -0.05) is 105 Å². The molecule has 4 atom stereocenters. The van der Waals surface area contributed by atoms with Crippen molar-refractivity contribution in [3.8, 4) is 0 Å². The van der Waals surface area contributed by atoms with Gasteiger partial charge in [-0.25, -0.2) is 9.59 Å². The molecule has 0 saturated carbocycles. The lowest BCUT2D eigenvalue weighted by molar-refractivity contribution is -0.145. The fourth-order valence-electron chi connectivity index (χ4n) is 4.78. The Balaban J connectivity index is 1.79. The molecule has 3 unspecified atom stereocenters. The van der Waals surface area contributed by atoms with E-state index in [9.17, 15) is 23.8 Å². The average molecular weight is 609 g/mol. The lowest BCUT2D eigenvalue weighted by Gasteiger charge is -2.29. The third kappa shape index (κ3) is 11.3. The Hall–Kier alpha value is -3.94. The zero-order chi connectivity index (χ0) is 31.2. The minimum atomic E-state index is -4.21. The van der Waals surface area contributed by atoms with Crippen LogP contribution < -0.4 is 10.6 Å². The number of ether oxygens (including phenoxy) is 2. The van der Waals surface area contributed by atoms with Crippen molar-refractivity contribution in [2.45, 2.75) is 51.5 Å². The zero-order valence-corrected chi connectivity index (χ0v) is 25.7. The van der Waals surface area contributed by atoms with E-state index in [1.165, 1.54) is 7.11 Å². The van der Waals surface area contributed by atoms with Gasteiger partial charge in [0.25, 0.3) is 0 Å². The van der Waals surface area contributed by atoms with Gasteiger partial charge >= 0.3 is 12.1 Å². The number of hydrogen-bond donors (Lipinski definition) is 3. The predicted octanol–water partition coefficient (Wildman–Crippen LogP) is 5.31. The largest absolute Gasteiger partial charge is 0.467 e. The summed E-state index contributed by atoms with van der Waals surface area (Å²) in [5.41, 5.74) is 2.34. The van der Waals surface area contributed by atoms with Gasteiger partial charge in [0.15, 0.2) is 0 Å². The number of carbonyl (C=O) groups is 3. The Bertz CT molecular complexity index is 1350. The molecule has 3 aromatic carbocycles. The van der Waals surface area contributed by atoms with E-state index in [4.69, 9.17) is 9.47 Å². The van der Waals surface area contributed by atoms with Gasteiger partial charge in [0, 0.05) is 24.9 Å². The molecular formula is C33H41N2O7P. The van der Waals surface area contributed by atoms with Crippen LogP contribution in [0, 0.1) is 11.8 Å². The Morgan fingerprint density at radius 3 is 1.81 bits per heavy atom. The lowest BCUT2D eigenvalue weighted by Crippen LogP contribution is -2.47. The van der Waals surface area contributed by atoms with Crippen molar-refractivity contribution in [2.24, 2.45) is 11.8 Å². The molecule has 0 saturated heterocycles. The highest BCUT2D eigenvalue weighted by atomic mass is 31.2. The number of hydrogen-bond acceptors (Lipinski definition) is 6. The normalized spacial score (nSPS) is 14.5. The van der Waals surface area contributed by atoms with Crippen molar-refractivity contribution in [2.75, 3.05) is 13.3 Å². The molecule has 0 aromatic heterocycles. The Morgan fingerprint density at radius 2 is 1.30 bits per heavy atom. The minimum absolute atomic E-state index is 0.00479. The summed E-state index contributed by atoms with van der Waals surface area (Å²) in [5.74, 6) is -3.24. The van der Waals surface area contributed by atoms with E-state index in [2.05, 4.69) is 10.6 Å². The van der Waals surface area contributed by atoms with E-state index in [1.807, 2.05) is 68.4 Å². The third-order valence-electron chi connectivity index (χ3n) is 6.95. The summed E-state index contributed by atoms with van der Waals surface area (Å²) in [5, 5.41) is 5.35. The van der Waals surface area contributed by atoms with Crippen LogP contribution in [0.5, 0.6) is 0 Å². The van der Waals surface area contributed by atoms with Gasteiger partial charge in [-0.3, -0.25) is 9.36 Å². The van der Waals surface area contributed by atoms with Gasteiger partial charge < -0.3 is 25.0 Å². The summed E-state index contributed by atoms with van der Waals surface area (Å²) >= 11 is 0. The second-order valence-corrected chi connectivity index (χ2v) is 13.5. The highest BCUT2D eigenvalue weighted by Gasteiger charge is 2.38. The van der Waals surface area contributed by atoms with Crippen LogP contribution in [0.1, 0.15) is 37.0 Å². The first kappa shape index (κ1) is 33.6. The highest BCUT2D eigenvalue weighted by molar-refractivity contribution is 7.58. The van der Waals surface area contributed by atoms with Crippen LogP contribution >= 0.6 is 7.37 Å². The minimum Gasteiger partial charge on any atom is -0.467 e. The van der Waals surface area contributed by atoms with E-state index >= 15 is 0 Å². The number of alkyl carbamates (subject to hydrolysis) is 1. The molecule has 3 N–H and O–H groups in total. The third-order valence-corrected chi connectivity index (χ3v) is 9.20. The molecule has 10 heteroatoms.